The Balaban J connectivity index is 1.00. The molecule has 1 nitrogen and oxygen atoms in total. The van der Waals surface area contributed by atoms with Crippen LogP contribution in [0.4, 0.5) is 0 Å². The number of para-hydroxylation sites is 2. The molecule has 0 aliphatic heterocycles. The van der Waals surface area contributed by atoms with Crippen LogP contribution in [-0.4, -0.2) is 0 Å². The Morgan fingerprint density at radius 2 is 0.952 bits per heavy atom. The van der Waals surface area contributed by atoms with Gasteiger partial charge >= 0.3 is 0 Å². The molecule has 3 aliphatic rings. The van der Waals surface area contributed by atoms with Crippen molar-refractivity contribution in [2.24, 2.45) is 0 Å². The first-order valence-corrected chi connectivity index (χ1v) is 21.8. The van der Waals surface area contributed by atoms with E-state index < -0.39 is 5.41 Å². The molecule has 288 valence electrons. The number of hydrogen-bond acceptors (Lipinski definition) is 1. The van der Waals surface area contributed by atoms with Crippen LogP contribution in [0.3, 0.4) is 0 Å². The molecule has 11 aromatic rings. The fraction of sp³-hybridized carbons (Fsp3) is 0.0492. The van der Waals surface area contributed by atoms with Crippen molar-refractivity contribution in [1.82, 2.24) is 0 Å². The SMILES string of the molecule is c1ccc(C(c2ccc3c(c2)C2(c4ccccc4-c4ccccc42)c2ccccc2-3)c2cccc3c2Cc2c-3cc3ccccc3c2-c2cccc3c2oc2ccccc23)cc1. The Labute approximate surface area is 360 Å². The second-order valence-electron chi connectivity index (χ2n) is 17.4. The van der Waals surface area contributed by atoms with Gasteiger partial charge < -0.3 is 4.42 Å². The van der Waals surface area contributed by atoms with Gasteiger partial charge in [-0.25, -0.2) is 0 Å². The maximum absolute atomic E-state index is 6.74. The molecule has 0 amide bonds. The molecule has 0 fully saturated rings. The van der Waals surface area contributed by atoms with Crippen molar-refractivity contribution < 1.29 is 4.42 Å². The normalized spacial score (nSPS) is 14.1. The lowest BCUT2D eigenvalue weighted by Gasteiger charge is -2.31. The maximum atomic E-state index is 6.74. The number of furan rings is 1. The van der Waals surface area contributed by atoms with Gasteiger partial charge in [-0.2, -0.15) is 0 Å². The van der Waals surface area contributed by atoms with Crippen molar-refractivity contribution in [3.8, 4) is 44.5 Å². The van der Waals surface area contributed by atoms with Crippen molar-refractivity contribution in [2.45, 2.75) is 17.8 Å². The molecular formula is C61H38O. The summed E-state index contributed by atoms with van der Waals surface area (Å²) in [6, 6.07) is 79.4. The van der Waals surface area contributed by atoms with E-state index >= 15 is 0 Å². The van der Waals surface area contributed by atoms with Crippen LogP contribution in [0.25, 0.3) is 77.2 Å². The van der Waals surface area contributed by atoms with E-state index in [0.29, 0.717) is 0 Å². The number of fused-ring (bicyclic) bond motifs is 17. The minimum absolute atomic E-state index is 0.00934. The van der Waals surface area contributed by atoms with Gasteiger partial charge in [-0.3, -0.25) is 0 Å². The van der Waals surface area contributed by atoms with E-state index in [2.05, 4.69) is 212 Å². The molecule has 0 saturated carbocycles. The molecule has 1 heterocycles. The highest BCUT2D eigenvalue weighted by molar-refractivity contribution is 6.14. The van der Waals surface area contributed by atoms with Gasteiger partial charge in [-0.1, -0.05) is 200 Å². The van der Waals surface area contributed by atoms with E-state index in [0.717, 1.165) is 33.9 Å². The molecule has 0 radical (unpaired) electrons. The Kier molecular flexibility index (Phi) is 6.94. The van der Waals surface area contributed by atoms with Gasteiger partial charge in [0.05, 0.1) is 5.41 Å². The zero-order chi connectivity index (χ0) is 40.5. The van der Waals surface area contributed by atoms with E-state index in [4.69, 9.17) is 4.42 Å². The second-order valence-corrected chi connectivity index (χ2v) is 17.4. The molecule has 1 unspecified atom stereocenters. The van der Waals surface area contributed by atoms with Gasteiger partial charge in [0.15, 0.2) is 0 Å². The summed E-state index contributed by atoms with van der Waals surface area (Å²) >= 11 is 0. The highest BCUT2D eigenvalue weighted by Gasteiger charge is 2.51. The first-order chi connectivity index (χ1) is 30.8. The van der Waals surface area contributed by atoms with Crippen LogP contribution < -0.4 is 0 Å². The molecule has 0 bridgehead atoms. The van der Waals surface area contributed by atoms with Gasteiger partial charge in [0.1, 0.15) is 11.2 Å². The topological polar surface area (TPSA) is 13.1 Å². The third-order valence-electron chi connectivity index (χ3n) is 14.5. The third-order valence-corrected chi connectivity index (χ3v) is 14.5. The van der Waals surface area contributed by atoms with Crippen LogP contribution in [0.2, 0.25) is 0 Å². The fourth-order valence-corrected chi connectivity index (χ4v) is 12.1. The lowest BCUT2D eigenvalue weighted by molar-refractivity contribution is 0.670. The van der Waals surface area contributed by atoms with Crippen LogP contribution in [-0.2, 0) is 11.8 Å². The van der Waals surface area contributed by atoms with Gasteiger partial charge in [-0.15, -0.1) is 0 Å². The predicted octanol–water partition coefficient (Wildman–Crippen LogP) is 15.5. The van der Waals surface area contributed by atoms with Crippen molar-refractivity contribution in [1.29, 1.82) is 0 Å². The smallest absolute Gasteiger partial charge is 0.143 e. The summed E-state index contributed by atoms with van der Waals surface area (Å²) in [6.45, 7) is 0. The van der Waals surface area contributed by atoms with E-state index in [1.165, 1.54) is 99.8 Å². The van der Waals surface area contributed by atoms with Gasteiger partial charge in [0.2, 0.25) is 0 Å². The number of benzene rings is 10. The highest BCUT2D eigenvalue weighted by Crippen LogP contribution is 2.63. The number of rotatable bonds is 4. The lowest BCUT2D eigenvalue weighted by atomic mass is 9.69. The largest absolute Gasteiger partial charge is 0.455 e. The Morgan fingerprint density at radius 1 is 0.371 bits per heavy atom. The highest BCUT2D eigenvalue weighted by atomic mass is 16.3. The predicted molar refractivity (Wildman–Crippen MR) is 255 cm³/mol. The molecular weight excluding hydrogens is 749 g/mol. The minimum atomic E-state index is -0.405. The fourth-order valence-electron chi connectivity index (χ4n) is 12.1. The quantitative estimate of drug-likeness (QED) is 0.162. The first kappa shape index (κ1) is 34.0. The molecule has 14 rings (SSSR count). The third kappa shape index (κ3) is 4.42. The molecule has 1 aromatic heterocycles. The maximum Gasteiger partial charge on any atom is 0.143 e. The first-order valence-electron chi connectivity index (χ1n) is 21.8. The molecule has 1 spiro atoms. The Bertz CT molecular complexity index is 3610. The lowest BCUT2D eigenvalue weighted by Crippen LogP contribution is -2.26. The monoisotopic (exact) mass is 786 g/mol. The second kappa shape index (κ2) is 12.6. The Hall–Kier alpha value is -7.74. The minimum Gasteiger partial charge on any atom is -0.455 e. The van der Waals surface area contributed by atoms with E-state index in [1.807, 2.05) is 0 Å². The number of hydrogen-bond donors (Lipinski definition) is 0. The summed E-state index contributed by atoms with van der Waals surface area (Å²) in [5.74, 6) is 0.00934. The summed E-state index contributed by atoms with van der Waals surface area (Å²) in [4.78, 5) is 0. The van der Waals surface area contributed by atoms with Crippen molar-refractivity contribution >= 4 is 32.7 Å². The van der Waals surface area contributed by atoms with Gasteiger partial charge in [0.25, 0.3) is 0 Å². The summed E-state index contributed by atoms with van der Waals surface area (Å²) < 4.78 is 6.74. The van der Waals surface area contributed by atoms with E-state index in [-0.39, 0.29) is 5.92 Å². The zero-order valence-corrected chi connectivity index (χ0v) is 33.9. The van der Waals surface area contributed by atoms with Crippen molar-refractivity contribution in [3.05, 3.63) is 262 Å². The van der Waals surface area contributed by atoms with Crippen molar-refractivity contribution in [3.63, 3.8) is 0 Å². The molecule has 1 heteroatoms. The van der Waals surface area contributed by atoms with E-state index in [9.17, 15) is 0 Å². The van der Waals surface area contributed by atoms with Crippen LogP contribution in [0, 0.1) is 0 Å². The zero-order valence-electron chi connectivity index (χ0n) is 33.9. The van der Waals surface area contributed by atoms with E-state index in [1.54, 1.807) is 0 Å². The molecule has 62 heavy (non-hydrogen) atoms. The van der Waals surface area contributed by atoms with Crippen LogP contribution in [0.1, 0.15) is 56.0 Å². The standard InChI is InChI=1S/C61H38O/c1-2-16-37(17-3-1)58(39-32-33-45-44-22-8-12-30-55(44)61(56(45)35-39)53-28-10-6-20-42(53)43-21-7-11-29-54(43)61)47-25-14-24-41-50-34-38-18-4-5-19-40(38)59(52(50)36-51(41)47)49-27-15-26-48-46-23-9-13-31-57(46)62-60(48)49/h1-35,58H,36H2. The molecule has 10 aromatic carbocycles. The van der Waals surface area contributed by atoms with Crippen LogP contribution in [0.5, 0.6) is 0 Å². The summed E-state index contributed by atoms with van der Waals surface area (Å²) in [7, 11) is 0. The van der Waals surface area contributed by atoms with Crippen LogP contribution in [0.15, 0.2) is 217 Å². The Morgan fingerprint density at radius 3 is 1.71 bits per heavy atom. The van der Waals surface area contributed by atoms with Crippen molar-refractivity contribution in [2.75, 3.05) is 0 Å². The molecule has 3 aliphatic carbocycles. The summed E-state index contributed by atoms with van der Waals surface area (Å²) in [5.41, 5.74) is 24.1. The average molecular weight is 787 g/mol. The molecule has 1 atom stereocenters. The summed E-state index contributed by atoms with van der Waals surface area (Å²) in [6.07, 6.45) is 0.835. The van der Waals surface area contributed by atoms with Gasteiger partial charge in [-0.05, 0) is 118 Å². The van der Waals surface area contributed by atoms with Gasteiger partial charge in [0, 0.05) is 22.3 Å². The average Bonchev–Trinajstić information content (AvgIpc) is 4.07. The molecule has 0 N–H and O–H groups in total. The molecule has 0 saturated heterocycles. The summed E-state index contributed by atoms with van der Waals surface area (Å²) in [5, 5.41) is 4.81. The van der Waals surface area contributed by atoms with Crippen LogP contribution >= 0.6 is 0 Å².